The number of carbonyl (C=O) groups is 2. The van der Waals surface area contributed by atoms with Gasteiger partial charge in [0, 0.05) is 38.3 Å². The number of benzene rings is 1. The summed E-state index contributed by atoms with van der Waals surface area (Å²) in [4.78, 5) is 29.4. The standard InChI is InChI=1S/C21H24N4O3/c1-15(21(27)28)24(13-11-22-16(2)26)14-18-20(17-8-4-3-5-9-17)23-19-10-6-7-12-25(18)19/h3-10,12,15H,11,13-14H2,1-2H3,(H,22,26)(H,27,28). The van der Waals surface area contributed by atoms with Crippen molar-refractivity contribution in [1.82, 2.24) is 19.6 Å². The molecule has 0 bridgehead atoms. The predicted octanol–water partition coefficient (Wildman–Crippen LogP) is 2.41. The summed E-state index contributed by atoms with van der Waals surface area (Å²) in [5.74, 6) is -1.04. The van der Waals surface area contributed by atoms with E-state index in [1.165, 1.54) is 6.92 Å². The normalized spacial score (nSPS) is 12.2. The number of amides is 1. The quantitative estimate of drug-likeness (QED) is 0.627. The zero-order chi connectivity index (χ0) is 20.1. The van der Waals surface area contributed by atoms with E-state index in [0.29, 0.717) is 19.6 Å². The van der Waals surface area contributed by atoms with Crippen LogP contribution >= 0.6 is 0 Å². The van der Waals surface area contributed by atoms with Gasteiger partial charge in [-0.3, -0.25) is 14.5 Å². The monoisotopic (exact) mass is 380 g/mol. The average molecular weight is 380 g/mol. The molecule has 3 rings (SSSR count). The Morgan fingerprint density at radius 2 is 1.89 bits per heavy atom. The predicted molar refractivity (Wildman–Crippen MR) is 107 cm³/mol. The third kappa shape index (κ3) is 4.37. The fourth-order valence-electron chi connectivity index (χ4n) is 3.16. The van der Waals surface area contributed by atoms with E-state index < -0.39 is 12.0 Å². The molecule has 0 saturated carbocycles. The van der Waals surface area contributed by atoms with Crippen LogP contribution in [0.4, 0.5) is 0 Å². The Kier molecular flexibility index (Phi) is 6.06. The van der Waals surface area contributed by atoms with Gasteiger partial charge in [0.05, 0.1) is 11.4 Å². The third-order valence-electron chi connectivity index (χ3n) is 4.71. The van der Waals surface area contributed by atoms with E-state index in [2.05, 4.69) is 5.32 Å². The molecule has 2 heterocycles. The summed E-state index contributed by atoms with van der Waals surface area (Å²) in [5, 5.41) is 12.3. The van der Waals surface area contributed by atoms with Crippen molar-refractivity contribution in [3.63, 3.8) is 0 Å². The second-order valence-electron chi connectivity index (χ2n) is 6.67. The van der Waals surface area contributed by atoms with Crippen molar-refractivity contribution in [3.8, 4) is 11.3 Å². The highest BCUT2D eigenvalue weighted by molar-refractivity contribution is 5.73. The first kappa shape index (κ1) is 19.6. The highest BCUT2D eigenvalue weighted by atomic mass is 16.4. The molecule has 7 nitrogen and oxygen atoms in total. The summed E-state index contributed by atoms with van der Waals surface area (Å²) < 4.78 is 1.99. The number of nitrogens with zero attached hydrogens (tertiary/aromatic N) is 3. The highest BCUT2D eigenvalue weighted by Crippen LogP contribution is 2.26. The van der Waals surface area contributed by atoms with Crippen molar-refractivity contribution in [2.75, 3.05) is 13.1 Å². The number of rotatable bonds is 8. The van der Waals surface area contributed by atoms with Crippen LogP contribution < -0.4 is 5.32 Å². The Hall–Kier alpha value is -3.19. The summed E-state index contributed by atoms with van der Waals surface area (Å²) >= 11 is 0. The lowest BCUT2D eigenvalue weighted by Gasteiger charge is -2.26. The first-order valence-electron chi connectivity index (χ1n) is 9.20. The zero-order valence-electron chi connectivity index (χ0n) is 16.0. The maximum absolute atomic E-state index is 11.6. The van der Waals surface area contributed by atoms with Crippen LogP contribution in [0.15, 0.2) is 54.7 Å². The zero-order valence-corrected chi connectivity index (χ0v) is 16.0. The van der Waals surface area contributed by atoms with Crippen molar-refractivity contribution >= 4 is 17.5 Å². The lowest BCUT2D eigenvalue weighted by molar-refractivity contribution is -0.142. The van der Waals surface area contributed by atoms with Gasteiger partial charge in [-0.15, -0.1) is 0 Å². The van der Waals surface area contributed by atoms with Crippen LogP contribution in [0, 0.1) is 0 Å². The van der Waals surface area contributed by atoms with E-state index in [1.807, 2.05) is 64.0 Å². The van der Waals surface area contributed by atoms with Crippen LogP contribution in [0.25, 0.3) is 16.9 Å². The molecule has 1 amide bonds. The van der Waals surface area contributed by atoms with Crippen molar-refractivity contribution in [2.45, 2.75) is 26.4 Å². The van der Waals surface area contributed by atoms with Crippen molar-refractivity contribution < 1.29 is 14.7 Å². The van der Waals surface area contributed by atoms with Gasteiger partial charge in [-0.25, -0.2) is 4.98 Å². The minimum Gasteiger partial charge on any atom is -0.480 e. The number of pyridine rings is 1. The molecular formula is C21H24N4O3. The second kappa shape index (κ2) is 8.67. The molecule has 0 saturated heterocycles. The van der Waals surface area contributed by atoms with E-state index in [-0.39, 0.29) is 5.91 Å². The highest BCUT2D eigenvalue weighted by Gasteiger charge is 2.24. The van der Waals surface area contributed by atoms with E-state index in [1.54, 1.807) is 6.92 Å². The summed E-state index contributed by atoms with van der Waals surface area (Å²) in [7, 11) is 0. The van der Waals surface area contributed by atoms with Gasteiger partial charge in [-0.2, -0.15) is 0 Å². The van der Waals surface area contributed by atoms with Gasteiger partial charge >= 0.3 is 5.97 Å². The molecule has 0 fully saturated rings. The number of fused-ring (bicyclic) bond motifs is 1. The first-order valence-corrected chi connectivity index (χ1v) is 9.20. The molecule has 2 N–H and O–H groups in total. The Morgan fingerprint density at radius 3 is 2.57 bits per heavy atom. The van der Waals surface area contributed by atoms with E-state index in [4.69, 9.17) is 4.98 Å². The number of hydrogen-bond donors (Lipinski definition) is 2. The maximum atomic E-state index is 11.6. The SMILES string of the molecule is CC(=O)NCCN(Cc1c(-c2ccccc2)nc2ccccn12)C(C)C(=O)O. The fraction of sp³-hybridized carbons (Fsp3) is 0.286. The van der Waals surface area contributed by atoms with E-state index in [0.717, 1.165) is 22.6 Å². The molecule has 1 atom stereocenters. The van der Waals surface area contributed by atoms with Crippen LogP contribution in [0.1, 0.15) is 19.5 Å². The number of hydrogen-bond acceptors (Lipinski definition) is 4. The van der Waals surface area contributed by atoms with Gasteiger partial charge in [0.2, 0.25) is 5.91 Å². The molecule has 28 heavy (non-hydrogen) atoms. The number of imidazole rings is 1. The maximum Gasteiger partial charge on any atom is 0.320 e. The molecule has 146 valence electrons. The van der Waals surface area contributed by atoms with Gasteiger partial charge in [0.15, 0.2) is 0 Å². The van der Waals surface area contributed by atoms with Gasteiger partial charge in [0.1, 0.15) is 11.7 Å². The summed E-state index contributed by atoms with van der Waals surface area (Å²) in [5.41, 5.74) is 3.53. The molecule has 1 unspecified atom stereocenters. The molecule has 7 heteroatoms. The van der Waals surface area contributed by atoms with Gasteiger partial charge in [-0.05, 0) is 19.1 Å². The van der Waals surface area contributed by atoms with E-state index in [9.17, 15) is 14.7 Å². The molecular weight excluding hydrogens is 356 g/mol. The van der Waals surface area contributed by atoms with Crippen LogP contribution in [0.3, 0.4) is 0 Å². The average Bonchev–Trinajstić information content (AvgIpc) is 3.05. The Balaban J connectivity index is 1.99. The third-order valence-corrected chi connectivity index (χ3v) is 4.71. The largest absolute Gasteiger partial charge is 0.480 e. The van der Waals surface area contributed by atoms with E-state index >= 15 is 0 Å². The summed E-state index contributed by atoms with van der Waals surface area (Å²) in [6.07, 6.45) is 1.93. The number of carbonyl (C=O) groups excluding carboxylic acids is 1. The molecule has 0 aliphatic rings. The van der Waals surface area contributed by atoms with Crippen LogP contribution in [-0.2, 0) is 16.1 Å². The molecule has 0 aliphatic carbocycles. The number of carboxylic acids is 1. The minimum absolute atomic E-state index is 0.136. The smallest absolute Gasteiger partial charge is 0.320 e. The molecule has 1 aromatic carbocycles. The number of aliphatic carboxylic acids is 1. The lowest BCUT2D eigenvalue weighted by Crippen LogP contribution is -2.43. The fourth-order valence-corrected chi connectivity index (χ4v) is 3.16. The van der Waals surface area contributed by atoms with Crippen LogP contribution in [0.2, 0.25) is 0 Å². The molecule has 0 radical (unpaired) electrons. The van der Waals surface area contributed by atoms with Crippen molar-refractivity contribution in [1.29, 1.82) is 0 Å². The number of aromatic nitrogens is 2. The van der Waals surface area contributed by atoms with Crippen molar-refractivity contribution in [2.24, 2.45) is 0 Å². The van der Waals surface area contributed by atoms with Gasteiger partial charge < -0.3 is 14.8 Å². The Morgan fingerprint density at radius 1 is 1.18 bits per heavy atom. The Bertz CT molecular complexity index is 968. The van der Waals surface area contributed by atoms with Crippen molar-refractivity contribution in [3.05, 3.63) is 60.4 Å². The molecule has 0 aliphatic heterocycles. The topological polar surface area (TPSA) is 86.9 Å². The minimum atomic E-state index is -0.905. The molecule has 2 aromatic heterocycles. The number of nitrogens with one attached hydrogen (secondary N) is 1. The van der Waals surface area contributed by atoms with Gasteiger partial charge in [-0.1, -0.05) is 36.4 Å². The molecule has 0 spiro atoms. The first-order chi connectivity index (χ1) is 13.5. The lowest BCUT2D eigenvalue weighted by atomic mass is 10.1. The van der Waals surface area contributed by atoms with Crippen LogP contribution in [0.5, 0.6) is 0 Å². The number of carboxylic acid groups (broad SMARTS) is 1. The summed E-state index contributed by atoms with van der Waals surface area (Å²) in [6.45, 7) is 4.29. The second-order valence-corrected chi connectivity index (χ2v) is 6.67. The van der Waals surface area contributed by atoms with Gasteiger partial charge in [0.25, 0.3) is 0 Å². The van der Waals surface area contributed by atoms with Crippen LogP contribution in [-0.4, -0.2) is 50.4 Å². The molecule has 3 aromatic rings. The Labute approximate surface area is 163 Å². The summed E-state index contributed by atoms with van der Waals surface area (Å²) in [6, 6.07) is 14.9.